The van der Waals surface area contributed by atoms with Gasteiger partial charge in [-0.2, -0.15) is 0 Å². The number of esters is 1. The number of urea groups is 1. The molecule has 2 aromatic carbocycles. The van der Waals surface area contributed by atoms with Crippen molar-refractivity contribution in [1.82, 2.24) is 36.0 Å². The number of imide groups is 1. The number of alkyl carbamates (subject to hydrolysis) is 1. The van der Waals surface area contributed by atoms with Crippen LogP contribution in [0.2, 0.25) is 5.02 Å². The molecule has 0 aromatic heterocycles. The highest BCUT2D eigenvalue weighted by atomic mass is 35.5. The first-order chi connectivity index (χ1) is 45.7. The number of likely N-dealkylation sites (N-methyl/N-ethyl adjacent to an activating group) is 1. The van der Waals surface area contributed by atoms with Gasteiger partial charge < -0.3 is 75.2 Å². The van der Waals surface area contributed by atoms with E-state index in [0.717, 1.165) is 16.0 Å². The van der Waals surface area contributed by atoms with Crippen molar-refractivity contribution in [1.29, 1.82) is 0 Å². The van der Waals surface area contributed by atoms with Gasteiger partial charge in [-0.1, -0.05) is 88.6 Å². The van der Waals surface area contributed by atoms with Crippen LogP contribution in [0.1, 0.15) is 131 Å². The molecule has 534 valence electrons. The Morgan fingerprint density at radius 3 is 2.26 bits per heavy atom. The van der Waals surface area contributed by atoms with Crippen LogP contribution < -0.4 is 42.0 Å². The Labute approximate surface area is 571 Å². The topological polar surface area (TPSA) is 366 Å². The molecule has 1 unspecified atom stereocenters. The average Bonchev–Trinajstić information content (AvgIpc) is 1.58. The molecule has 3 fully saturated rings. The van der Waals surface area contributed by atoms with E-state index in [4.69, 9.17) is 45.8 Å². The minimum atomic E-state index is -1.91. The van der Waals surface area contributed by atoms with Crippen LogP contribution in [-0.2, 0) is 75.1 Å². The zero-order chi connectivity index (χ0) is 71.8. The number of likely N-dealkylation sites (tertiary alicyclic amines) is 1. The molecule has 29 heteroatoms. The van der Waals surface area contributed by atoms with Crippen molar-refractivity contribution >= 4 is 88.5 Å². The van der Waals surface area contributed by atoms with Gasteiger partial charge in [0.05, 0.1) is 25.3 Å². The van der Waals surface area contributed by atoms with Crippen molar-refractivity contribution in [3.8, 4) is 5.75 Å². The maximum absolute atomic E-state index is 14.5. The van der Waals surface area contributed by atoms with Crippen molar-refractivity contribution in [2.45, 2.75) is 186 Å². The minimum absolute atomic E-state index is 0.0595. The molecule has 3 saturated heterocycles. The summed E-state index contributed by atoms with van der Waals surface area (Å²) in [7, 11) is 7.20. The minimum Gasteiger partial charge on any atom is -0.495 e. The second-order valence-corrected chi connectivity index (χ2v) is 26.7. The van der Waals surface area contributed by atoms with E-state index in [9.17, 15) is 57.8 Å². The Hall–Kier alpha value is -8.34. The number of hydrogen-bond acceptors (Lipinski definition) is 18. The molecule has 4 aliphatic heterocycles. The Balaban J connectivity index is 1.03. The summed E-state index contributed by atoms with van der Waals surface area (Å²) >= 11 is 6.84. The molecule has 6 rings (SSSR count). The number of nitrogens with one attached hydrogen (secondary N) is 5. The molecule has 0 aliphatic carbocycles. The maximum Gasteiger partial charge on any atom is 0.409 e. The SMILES string of the molecule is COc1cc2cc(c1Cl)N(C)C(=O)C[C@H](OC(=O)[C@H](C)N(C)C(=O)CCN(C)C(=O)OCc1ccc(NC(=O)[C@H](CCCNC(N)=O)NC(=O)[C@@H](NC(=O)CCCCCN3C(=O)CC(C(C)C)C3=O)C(C)C)cc1)[C@]1(C)O[C@H]1[C@H](C)[C@@H]1C[C@@](O)(NC(=O)O1)[C@H](OC)/C=C/C=C(\C)C2. The number of carbonyl (C=O) groups excluding carboxylic acids is 11. The van der Waals surface area contributed by atoms with Gasteiger partial charge in [-0.25, -0.2) is 19.2 Å². The number of epoxide rings is 1. The Kier molecular flexibility index (Phi) is 27.8. The molecular formula is C68H97ClN10O18. The lowest BCUT2D eigenvalue weighted by Gasteiger charge is -2.42. The summed E-state index contributed by atoms with van der Waals surface area (Å²) in [5.41, 5.74) is 4.76. The molecule has 11 atom stereocenters. The summed E-state index contributed by atoms with van der Waals surface area (Å²) in [5, 5.41) is 25.3. The molecule has 11 amide bonds. The predicted octanol–water partition coefficient (Wildman–Crippen LogP) is 5.78. The fourth-order valence-corrected chi connectivity index (χ4v) is 12.3. The predicted molar refractivity (Wildman–Crippen MR) is 357 cm³/mol. The first-order valence-corrected chi connectivity index (χ1v) is 33.2. The number of benzene rings is 2. The number of aliphatic hydroxyl groups is 1. The Morgan fingerprint density at radius 2 is 1.62 bits per heavy atom. The first kappa shape index (κ1) is 77.7. The van der Waals surface area contributed by atoms with E-state index in [2.05, 4.69) is 26.6 Å². The van der Waals surface area contributed by atoms with Crippen LogP contribution in [0.3, 0.4) is 0 Å². The highest BCUT2D eigenvalue weighted by molar-refractivity contribution is 6.35. The number of primary amides is 1. The molecule has 0 spiro atoms. The standard InChI is InChI=1S/C68H97ClN10O18/c1-38(2)46-34-56(83)79(62(46)86)29-16-14-15-22-53(80)74-58(39(3)4)61(85)73-47(20-18-28-71-64(70)88)60(84)72-45-25-23-43(24-26-45)37-94-66(90)76(9)30-27-54(81)77(10)42(7)63(87)96-52-35-55(82)78(11)48-32-44(33-49(92-12)57(48)69)31-40(5)19-17-21-51(93-13)68(91)36-50(95-65(89)75-68)41(6)59-67(52,8)97-59/h17,19,21,23-26,32-33,38-39,41-42,46-47,50-52,58-59,91H,14-16,18,20,22,27-31,34-37H2,1-13H3,(H,72,84)(H,73,85)(H,74,80)(H,75,89)(H3,70,71,88)/b21-17+,40-19+/t41-,42+,46?,47+,50+,51-,52+,58+,59+,67+,68+/m1/s1. The van der Waals surface area contributed by atoms with Crippen LogP contribution in [-0.4, -0.2) is 194 Å². The lowest BCUT2D eigenvalue weighted by Crippen LogP contribution is -2.63. The number of fused-ring (bicyclic) bond motifs is 5. The molecule has 0 saturated carbocycles. The van der Waals surface area contributed by atoms with Gasteiger partial charge in [-0.3, -0.25) is 43.8 Å². The third kappa shape index (κ3) is 20.8. The normalized spacial score (nSPS) is 24.4. The number of amides is 11. The van der Waals surface area contributed by atoms with Crippen molar-refractivity contribution < 1.29 is 86.3 Å². The number of allylic oxidation sites excluding steroid dienone is 3. The number of hydrogen-bond donors (Lipinski definition) is 7. The Bertz CT molecular complexity index is 3270. The van der Waals surface area contributed by atoms with E-state index >= 15 is 0 Å². The molecule has 2 aromatic rings. The van der Waals surface area contributed by atoms with Gasteiger partial charge in [-0.15, -0.1) is 0 Å². The van der Waals surface area contributed by atoms with Gasteiger partial charge in [-0.05, 0) is 100 Å². The number of halogens is 1. The fourth-order valence-electron chi connectivity index (χ4n) is 11.9. The molecule has 28 nitrogen and oxygen atoms in total. The van der Waals surface area contributed by atoms with Crippen molar-refractivity contribution in [3.63, 3.8) is 0 Å². The van der Waals surface area contributed by atoms with Gasteiger partial charge in [0.15, 0.2) is 5.72 Å². The van der Waals surface area contributed by atoms with Crippen LogP contribution in [0.25, 0.3) is 0 Å². The number of anilines is 2. The second-order valence-electron chi connectivity index (χ2n) is 26.3. The van der Waals surface area contributed by atoms with E-state index in [0.29, 0.717) is 48.4 Å². The zero-order valence-electron chi connectivity index (χ0n) is 57.8. The van der Waals surface area contributed by atoms with Gasteiger partial charge >= 0.3 is 24.2 Å². The highest BCUT2D eigenvalue weighted by Crippen LogP contribution is 2.49. The number of nitrogens with zero attached hydrogens (tertiary/aromatic N) is 4. The van der Waals surface area contributed by atoms with Crippen LogP contribution in [0.5, 0.6) is 5.75 Å². The van der Waals surface area contributed by atoms with E-state index in [-0.39, 0.29) is 105 Å². The largest absolute Gasteiger partial charge is 0.495 e. The molecular weight excluding hydrogens is 1280 g/mol. The van der Waals surface area contributed by atoms with Crippen LogP contribution in [0.4, 0.5) is 25.8 Å². The first-order valence-electron chi connectivity index (χ1n) is 32.8. The zero-order valence-corrected chi connectivity index (χ0v) is 58.5. The molecule has 4 heterocycles. The number of unbranched alkanes of at least 4 members (excludes halogenated alkanes) is 2. The smallest absolute Gasteiger partial charge is 0.409 e. The van der Waals surface area contributed by atoms with Gasteiger partial charge in [0.25, 0.3) is 0 Å². The Morgan fingerprint density at radius 1 is 0.918 bits per heavy atom. The summed E-state index contributed by atoms with van der Waals surface area (Å²) < 4.78 is 35.0. The van der Waals surface area contributed by atoms with Crippen molar-refractivity contribution in [3.05, 3.63) is 76.3 Å². The summed E-state index contributed by atoms with van der Waals surface area (Å²) in [5.74, 6) is -4.84. The van der Waals surface area contributed by atoms with Crippen LogP contribution >= 0.6 is 11.6 Å². The second kappa shape index (κ2) is 34.7. The lowest BCUT2D eigenvalue weighted by molar-refractivity contribution is -0.162. The molecule has 0 radical (unpaired) electrons. The summed E-state index contributed by atoms with van der Waals surface area (Å²) in [6.07, 6.45) is 1.22. The third-order valence-corrected chi connectivity index (χ3v) is 18.7. The molecule has 4 bridgehead atoms. The van der Waals surface area contributed by atoms with Crippen LogP contribution in [0.15, 0.2) is 60.2 Å². The lowest BCUT2D eigenvalue weighted by atomic mass is 9.83. The van der Waals surface area contributed by atoms with Crippen LogP contribution in [0, 0.1) is 23.7 Å². The quantitative estimate of drug-likeness (QED) is 0.0183. The average molecular weight is 1380 g/mol. The van der Waals surface area contributed by atoms with E-state index in [1.807, 2.05) is 26.8 Å². The number of carbonyl (C=O) groups is 11. The van der Waals surface area contributed by atoms with Crippen molar-refractivity contribution in [2.75, 3.05) is 65.2 Å². The summed E-state index contributed by atoms with van der Waals surface area (Å²) in [6, 6.07) is 5.73. The third-order valence-electron chi connectivity index (χ3n) is 18.3. The maximum atomic E-state index is 14.5. The van der Waals surface area contributed by atoms with E-state index < -0.39 is 114 Å². The van der Waals surface area contributed by atoms with Gasteiger partial charge in [0.2, 0.25) is 41.4 Å². The van der Waals surface area contributed by atoms with Gasteiger partial charge in [0, 0.05) is 91.1 Å². The molecule has 97 heavy (non-hydrogen) atoms. The summed E-state index contributed by atoms with van der Waals surface area (Å²) in [4.78, 5) is 151. The van der Waals surface area contributed by atoms with Gasteiger partial charge in [0.1, 0.15) is 59.4 Å². The number of ether oxygens (including phenoxy) is 6. The molecule has 8 N–H and O–H groups in total. The summed E-state index contributed by atoms with van der Waals surface area (Å²) in [6.45, 7) is 14.1. The van der Waals surface area contributed by atoms with E-state index in [1.54, 1.807) is 76.2 Å². The fraction of sp³-hybridized carbons (Fsp3) is 0.603. The van der Waals surface area contributed by atoms with Crippen molar-refractivity contribution in [2.24, 2.45) is 29.4 Å². The monoisotopic (exact) mass is 1380 g/mol. The highest BCUT2D eigenvalue weighted by Gasteiger charge is 2.64. The molecule has 4 aliphatic rings. The number of rotatable bonds is 27. The number of methoxy groups -OCH3 is 2. The van der Waals surface area contributed by atoms with E-state index in [1.165, 1.54) is 57.0 Å². The number of nitrogens with two attached hydrogens (primary N) is 1.